The molecule has 4 nitrogen and oxygen atoms in total. The first kappa shape index (κ1) is 16.9. The summed E-state index contributed by atoms with van der Waals surface area (Å²) in [7, 11) is 3.20. The van der Waals surface area contributed by atoms with Gasteiger partial charge in [0.05, 0.1) is 20.6 Å². The molecule has 0 aliphatic heterocycles. The van der Waals surface area contributed by atoms with E-state index in [9.17, 15) is 4.79 Å². The third-order valence-electron chi connectivity index (χ3n) is 3.77. The summed E-state index contributed by atoms with van der Waals surface area (Å²) in [6, 6.07) is 13.9. The number of carbonyl (C=O) groups excluding carboxylic acids is 1. The van der Waals surface area contributed by atoms with Crippen LogP contribution in [0.2, 0.25) is 0 Å². The third kappa shape index (κ3) is 4.74. The van der Waals surface area contributed by atoms with E-state index < -0.39 is 0 Å². The molecule has 2 aromatic carbocycles. The molecule has 0 aromatic heterocycles. The van der Waals surface area contributed by atoms with Gasteiger partial charge in [-0.05, 0) is 42.2 Å². The van der Waals surface area contributed by atoms with Crippen LogP contribution in [0.15, 0.2) is 42.5 Å². The van der Waals surface area contributed by atoms with Crippen LogP contribution in [0, 0.1) is 6.92 Å². The van der Waals surface area contributed by atoms with E-state index >= 15 is 0 Å². The minimum atomic E-state index is 0.0104. The van der Waals surface area contributed by atoms with Crippen LogP contribution >= 0.6 is 0 Å². The fraction of sp³-hybridized carbons (Fsp3) is 0.316. The summed E-state index contributed by atoms with van der Waals surface area (Å²) in [5, 5.41) is 2.96. The van der Waals surface area contributed by atoms with Crippen LogP contribution in [0.5, 0.6) is 11.5 Å². The first-order valence-corrected chi connectivity index (χ1v) is 7.66. The first-order chi connectivity index (χ1) is 11.1. The highest BCUT2D eigenvalue weighted by atomic mass is 16.5. The third-order valence-corrected chi connectivity index (χ3v) is 3.77. The number of amides is 1. The molecule has 4 heteroatoms. The largest absolute Gasteiger partial charge is 0.493 e. The van der Waals surface area contributed by atoms with Crippen molar-refractivity contribution in [3.63, 3.8) is 0 Å². The lowest BCUT2D eigenvalue weighted by molar-refractivity contribution is -0.120. The molecule has 1 N–H and O–H groups in total. The van der Waals surface area contributed by atoms with Crippen molar-refractivity contribution in [1.82, 2.24) is 5.32 Å². The maximum Gasteiger partial charge on any atom is 0.224 e. The monoisotopic (exact) mass is 313 g/mol. The van der Waals surface area contributed by atoms with Gasteiger partial charge in [0.25, 0.3) is 0 Å². The lowest BCUT2D eigenvalue weighted by Crippen LogP contribution is -2.27. The van der Waals surface area contributed by atoms with Crippen molar-refractivity contribution < 1.29 is 14.3 Å². The number of carbonyl (C=O) groups is 1. The van der Waals surface area contributed by atoms with Crippen LogP contribution in [0.3, 0.4) is 0 Å². The summed E-state index contributed by atoms with van der Waals surface area (Å²) in [5.41, 5.74) is 3.18. The molecular weight excluding hydrogens is 290 g/mol. The zero-order chi connectivity index (χ0) is 16.7. The predicted octanol–water partition coefficient (Wildman–Crippen LogP) is 2.91. The Hall–Kier alpha value is -2.49. The van der Waals surface area contributed by atoms with Gasteiger partial charge >= 0.3 is 0 Å². The number of methoxy groups -OCH3 is 2. The van der Waals surface area contributed by atoms with Crippen molar-refractivity contribution in [2.24, 2.45) is 0 Å². The summed E-state index contributed by atoms with van der Waals surface area (Å²) < 4.78 is 10.6. The Morgan fingerprint density at radius 3 is 2.35 bits per heavy atom. The summed E-state index contributed by atoms with van der Waals surface area (Å²) in [4.78, 5) is 12.1. The standard InChI is InChI=1S/C19H23NO3/c1-14-11-17(22-2)18(23-3)12-16(14)13-19(21)20-10-9-15-7-5-4-6-8-15/h4-8,11-12H,9-10,13H2,1-3H3,(H,20,21). The Morgan fingerprint density at radius 1 is 1.04 bits per heavy atom. The predicted molar refractivity (Wildman–Crippen MR) is 91.1 cm³/mol. The average molecular weight is 313 g/mol. The van der Waals surface area contributed by atoms with Crippen molar-refractivity contribution in [2.75, 3.05) is 20.8 Å². The molecular formula is C19H23NO3. The summed E-state index contributed by atoms with van der Waals surface area (Å²) >= 11 is 0. The van der Waals surface area contributed by atoms with E-state index in [1.807, 2.05) is 37.3 Å². The van der Waals surface area contributed by atoms with Crippen LogP contribution < -0.4 is 14.8 Å². The van der Waals surface area contributed by atoms with E-state index in [1.165, 1.54) is 5.56 Å². The van der Waals surface area contributed by atoms with Gasteiger partial charge in [-0.1, -0.05) is 30.3 Å². The molecule has 0 heterocycles. The minimum Gasteiger partial charge on any atom is -0.493 e. The molecule has 23 heavy (non-hydrogen) atoms. The van der Waals surface area contributed by atoms with Gasteiger partial charge in [-0.3, -0.25) is 4.79 Å². The molecule has 0 radical (unpaired) electrons. The Labute approximate surface area is 137 Å². The molecule has 0 spiro atoms. The fourth-order valence-corrected chi connectivity index (χ4v) is 2.44. The number of benzene rings is 2. The quantitative estimate of drug-likeness (QED) is 0.855. The van der Waals surface area contributed by atoms with Crippen molar-refractivity contribution in [3.8, 4) is 11.5 Å². The van der Waals surface area contributed by atoms with Crippen LogP contribution in [-0.4, -0.2) is 26.7 Å². The Bertz CT molecular complexity index is 653. The van der Waals surface area contributed by atoms with Gasteiger partial charge in [0.2, 0.25) is 5.91 Å². The van der Waals surface area contributed by atoms with Crippen LogP contribution in [-0.2, 0) is 17.6 Å². The number of aryl methyl sites for hydroxylation is 1. The molecule has 1 amide bonds. The zero-order valence-corrected chi connectivity index (χ0v) is 13.9. The highest BCUT2D eigenvalue weighted by Crippen LogP contribution is 2.30. The second-order valence-electron chi connectivity index (χ2n) is 5.40. The van der Waals surface area contributed by atoms with E-state index in [-0.39, 0.29) is 5.91 Å². The molecule has 0 saturated carbocycles. The lowest BCUT2D eigenvalue weighted by Gasteiger charge is -2.13. The molecule has 2 aromatic rings. The average Bonchev–Trinajstić information content (AvgIpc) is 2.57. The van der Waals surface area contributed by atoms with Gasteiger partial charge < -0.3 is 14.8 Å². The summed E-state index contributed by atoms with van der Waals surface area (Å²) in [6.07, 6.45) is 1.17. The maximum atomic E-state index is 12.1. The number of ether oxygens (including phenoxy) is 2. The normalized spacial score (nSPS) is 10.2. The highest BCUT2D eigenvalue weighted by molar-refractivity contribution is 5.79. The smallest absolute Gasteiger partial charge is 0.224 e. The van der Waals surface area contributed by atoms with Crippen LogP contribution in [0.4, 0.5) is 0 Å². The summed E-state index contributed by atoms with van der Waals surface area (Å²) in [5.74, 6) is 1.33. The van der Waals surface area contributed by atoms with Crippen molar-refractivity contribution in [1.29, 1.82) is 0 Å². The van der Waals surface area contributed by atoms with Gasteiger partial charge in [0, 0.05) is 6.54 Å². The van der Waals surface area contributed by atoms with E-state index in [4.69, 9.17) is 9.47 Å². The van der Waals surface area contributed by atoms with Gasteiger partial charge in [-0.2, -0.15) is 0 Å². The topological polar surface area (TPSA) is 47.6 Å². The molecule has 0 saturated heterocycles. The van der Waals surface area contributed by atoms with Crippen LogP contribution in [0.1, 0.15) is 16.7 Å². The Kier molecular flexibility index (Phi) is 6.03. The number of hydrogen-bond donors (Lipinski definition) is 1. The molecule has 0 bridgehead atoms. The highest BCUT2D eigenvalue weighted by Gasteiger charge is 2.11. The molecule has 0 unspecified atom stereocenters. The molecule has 0 aliphatic carbocycles. The van der Waals surface area contributed by atoms with Gasteiger partial charge in [-0.25, -0.2) is 0 Å². The van der Waals surface area contributed by atoms with E-state index in [1.54, 1.807) is 14.2 Å². The lowest BCUT2D eigenvalue weighted by atomic mass is 10.0. The maximum absolute atomic E-state index is 12.1. The fourth-order valence-electron chi connectivity index (χ4n) is 2.44. The number of rotatable bonds is 7. The molecule has 122 valence electrons. The van der Waals surface area contributed by atoms with E-state index in [2.05, 4.69) is 17.4 Å². The summed E-state index contributed by atoms with van der Waals surface area (Å²) in [6.45, 7) is 2.60. The van der Waals surface area contributed by atoms with Crippen molar-refractivity contribution >= 4 is 5.91 Å². The second-order valence-corrected chi connectivity index (χ2v) is 5.40. The Morgan fingerprint density at radius 2 is 1.70 bits per heavy atom. The SMILES string of the molecule is COc1cc(C)c(CC(=O)NCCc2ccccc2)cc1OC. The molecule has 2 rings (SSSR count). The zero-order valence-electron chi connectivity index (χ0n) is 13.9. The van der Waals surface area contributed by atoms with Gasteiger partial charge in [0.15, 0.2) is 11.5 Å². The van der Waals surface area contributed by atoms with Gasteiger partial charge in [0.1, 0.15) is 0 Å². The Balaban J connectivity index is 1.92. The molecule has 0 aliphatic rings. The van der Waals surface area contributed by atoms with Crippen molar-refractivity contribution in [2.45, 2.75) is 19.8 Å². The second kappa shape index (κ2) is 8.22. The minimum absolute atomic E-state index is 0.0104. The molecule has 0 atom stereocenters. The van der Waals surface area contributed by atoms with Crippen molar-refractivity contribution in [3.05, 3.63) is 59.2 Å². The van der Waals surface area contributed by atoms with Crippen LogP contribution in [0.25, 0.3) is 0 Å². The van der Waals surface area contributed by atoms with E-state index in [0.29, 0.717) is 24.5 Å². The van der Waals surface area contributed by atoms with E-state index in [0.717, 1.165) is 17.5 Å². The number of hydrogen-bond acceptors (Lipinski definition) is 3. The first-order valence-electron chi connectivity index (χ1n) is 7.66. The van der Waals surface area contributed by atoms with Gasteiger partial charge in [-0.15, -0.1) is 0 Å². The molecule has 0 fully saturated rings. The number of nitrogens with one attached hydrogen (secondary N) is 1.